The van der Waals surface area contributed by atoms with Crippen molar-refractivity contribution in [2.75, 3.05) is 31.2 Å². The highest BCUT2D eigenvalue weighted by atomic mass is 16.6. The lowest BCUT2D eigenvalue weighted by Crippen LogP contribution is -2.35. The number of hydrogen-bond acceptors (Lipinski definition) is 4. The number of benzene rings is 1. The zero-order valence-electron chi connectivity index (χ0n) is 13.5. The van der Waals surface area contributed by atoms with Gasteiger partial charge in [-0.1, -0.05) is 13.8 Å². The van der Waals surface area contributed by atoms with E-state index in [1.165, 1.54) is 0 Å². The van der Waals surface area contributed by atoms with Crippen molar-refractivity contribution < 1.29 is 19.1 Å². The molecule has 1 aromatic carbocycles. The van der Waals surface area contributed by atoms with Gasteiger partial charge in [-0.05, 0) is 18.1 Å². The Bertz CT molecular complexity index is 615. The minimum atomic E-state index is -0.297. The van der Waals surface area contributed by atoms with E-state index in [-0.39, 0.29) is 24.2 Å². The number of fused-ring (bicyclic) bond motifs is 1. The summed E-state index contributed by atoms with van der Waals surface area (Å²) >= 11 is 0. The maximum atomic E-state index is 12.3. The van der Waals surface area contributed by atoms with Crippen LogP contribution in [0.15, 0.2) is 18.2 Å². The molecule has 2 amide bonds. The Kier molecular flexibility index (Phi) is 4.41. The summed E-state index contributed by atoms with van der Waals surface area (Å²) in [4.78, 5) is 26.1. The van der Waals surface area contributed by atoms with E-state index < -0.39 is 0 Å². The third-order valence-electron chi connectivity index (χ3n) is 4.02. The van der Waals surface area contributed by atoms with Gasteiger partial charge in [0.15, 0.2) is 11.5 Å². The third kappa shape index (κ3) is 3.41. The maximum absolute atomic E-state index is 12.3. The van der Waals surface area contributed by atoms with Crippen LogP contribution < -0.4 is 19.7 Å². The predicted molar refractivity (Wildman–Crippen MR) is 85.7 cm³/mol. The highest BCUT2D eigenvalue weighted by molar-refractivity contribution is 6.00. The van der Waals surface area contributed by atoms with Crippen LogP contribution in [0.4, 0.5) is 5.69 Å². The fraction of sp³-hybridized carbons (Fsp3) is 0.529. The van der Waals surface area contributed by atoms with E-state index in [0.29, 0.717) is 43.7 Å². The fourth-order valence-corrected chi connectivity index (χ4v) is 2.78. The summed E-state index contributed by atoms with van der Waals surface area (Å²) in [7, 11) is 0. The van der Waals surface area contributed by atoms with Crippen molar-refractivity contribution in [1.29, 1.82) is 0 Å². The molecule has 0 unspecified atom stereocenters. The van der Waals surface area contributed by atoms with Gasteiger partial charge in [-0.25, -0.2) is 0 Å². The summed E-state index contributed by atoms with van der Waals surface area (Å²) in [5, 5.41) is 2.90. The summed E-state index contributed by atoms with van der Waals surface area (Å²) in [6, 6.07) is 5.45. The summed E-state index contributed by atoms with van der Waals surface area (Å²) in [5.74, 6) is 1.35. The molecule has 1 N–H and O–H groups in total. The molecular weight excluding hydrogens is 296 g/mol. The van der Waals surface area contributed by atoms with Crippen LogP contribution in [0.3, 0.4) is 0 Å². The Morgan fingerprint density at radius 3 is 2.78 bits per heavy atom. The molecule has 1 fully saturated rings. The van der Waals surface area contributed by atoms with Crippen LogP contribution in [0.25, 0.3) is 0 Å². The smallest absolute Gasteiger partial charge is 0.227 e. The lowest BCUT2D eigenvalue weighted by atomic mass is 10.1. The molecular formula is C17H22N2O4. The summed E-state index contributed by atoms with van der Waals surface area (Å²) in [5.41, 5.74) is 0.749. The molecule has 1 aromatic rings. The number of nitrogens with zero attached hydrogens (tertiary/aromatic N) is 1. The van der Waals surface area contributed by atoms with E-state index in [0.717, 1.165) is 5.69 Å². The quantitative estimate of drug-likeness (QED) is 0.915. The van der Waals surface area contributed by atoms with E-state index >= 15 is 0 Å². The second-order valence-electron chi connectivity index (χ2n) is 6.37. The first kappa shape index (κ1) is 15.6. The highest BCUT2D eigenvalue weighted by Crippen LogP contribution is 2.35. The van der Waals surface area contributed by atoms with Gasteiger partial charge in [0, 0.05) is 31.3 Å². The van der Waals surface area contributed by atoms with Crippen LogP contribution in [-0.2, 0) is 9.59 Å². The molecule has 0 aromatic heterocycles. The van der Waals surface area contributed by atoms with Crippen molar-refractivity contribution in [2.45, 2.75) is 20.3 Å². The largest absolute Gasteiger partial charge is 0.486 e. The van der Waals surface area contributed by atoms with Gasteiger partial charge in [-0.2, -0.15) is 0 Å². The van der Waals surface area contributed by atoms with Crippen LogP contribution in [0.1, 0.15) is 20.3 Å². The predicted octanol–water partition coefficient (Wildman–Crippen LogP) is 1.58. The van der Waals surface area contributed by atoms with Gasteiger partial charge in [0.2, 0.25) is 11.8 Å². The third-order valence-corrected chi connectivity index (χ3v) is 4.02. The second kappa shape index (κ2) is 6.48. The number of rotatable bonds is 4. The molecule has 6 nitrogen and oxygen atoms in total. The van der Waals surface area contributed by atoms with Crippen molar-refractivity contribution in [3.63, 3.8) is 0 Å². The maximum Gasteiger partial charge on any atom is 0.227 e. The molecule has 124 valence electrons. The number of ether oxygens (including phenoxy) is 2. The van der Waals surface area contributed by atoms with Crippen molar-refractivity contribution in [3.8, 4) is 11.5 Å². The Hall–Kier alpha value is -2.24. The highest BCUT2D eigenvalue weighted by Gasteiger charge is 2.35. The summed E-state index contributed by atoms with van der Waals surface area (Å²) in [6.45, 7) is 6.16. The lowest BCUT2D eigenvalue weighted by Gasteiger charge is -2.22. The lowest BCUT2D eigenvalue weighted by molar-refractivity contribution is -0.126. The Morgan fingerprint density at radius 2 is 2.04 bits per heavy atom. The topological polar surface area (TPSA) is 67.9 Å². The minimum Gasteiger partial charge on any atom is -0.486 e. The van der Waals surface area contributed by atoms with Gasteiger partial charge >= 0.3 is 0 Å². The van der Waals surface area contributed by atoms with Crippen LogP contribution >= 0.6 is 0 Å². The van der Waals surface area contributed by atoms with Gasteiger partial charge < -0.3 is 19.7 Å². The molecule has 1 saturated heterocycles. The molecule has 0 bridgehead atoms. The molecule has 2 heterocycles. The molecule has 0 aliphatic carbocycles. The van der Waals surface area contributed by atoms with Crippen LogP contribution in [-0.4, -0.2) is 38.1 Å². The molecule has 0 saturated carbocycles. The van der Waals surface area contributed by atoms with Crippen LogP contribution in [0, 0.1) is 11.8 Å². The van der Waals surface area contributed by atoms with Crippen molar-refractivity contribution >= 4 is 17.5 Å². The molecule has 0 radical (unpaired) electrons. The van der Waals surface area contributed by atoms with E-state index in [2.05, 4.69) is 5.32 Å². The number of carbonyl (C=O) groups is 2. The number of hydrogen-bond donors (Lipinski definition) is 1. The number of amides is 2. The van der Waals surface area contributed by atoms with Gasteiger partial charge in [-0.15, -0.1) is 0 Å². The first-order valence-electron chi connectivity index (χ1n) is 8.02. The van der Waals surface area contributed by atoms with Crippen molar-refractivity contribution in [3.05, 3.63) is 18.2 Å². The average molecular weight is 318 g/mol. The molecule has 1 atom stereocenters. The molecule has 6 heteroatoms. The van der Waals surface area contributed by atoms with Crippen LogP contribution in [0.2, 0.25) is 0 Å². The zero-order chi connectivity index (χ0) is 16.4. The number of anilines is 1. The molecule has 0 spiro atoms. The molecule has 23 heavy (non-hydrogen) atoms. The SMILES string of the molecule is CC(C)CNC(=O)[C@H]1CC(=O)N(c2ccc3c(c2)OCCO3)C1. The first-order valence-corrected chi connectivity index (χ1v) is 8.02. The first-order chi connectivity index (χ1) is 11.0. The monoisotopic (exact) mass is 318 g/mol. The molecule has 3 rings (SSSR count). The van der Waals surface area contributed by atoms with Gasteiger partial charge in [0.1, 0.15) is 13.2 Å². The summed E-state index contributed by atoms with van der Waals surface area (Å²) < 4.78 is 11.0. The van der Waals surface area contributed by atoms with Crippen molar-refractivity contribution in [1.82, 2.24) is 5.32 Å². The Labute approximate surface area is 135 Å². The van der Waals surface area contributed by atoms with E-state index in [1.54, 1.807) is 11.0 Å². The molecule has 2 aliphatic heterocycles. The van der Waals surface area contributed by atoms with Crippen molar-refractivity contribution in [2.24, 2.45) is 11.8 Å². The number of carbonyl (C=O) groups excluding carboxylic acids is 2. The van der Waals surface area contributed by atoms with E-state index in [9.17, 15) is 9.59 Å². The van der Waals surface area contributed by atoms with E-state index in [4.69, 9.17) is 9.47 Å². The normalized spacial score (nSPS) is 20.0. The van der Waals surface area contributed by atoms with Gasteiger partial charge in [-0.3, -0.25) is 9.59 Å². The number of nitrogens with one attached hydrogen (secondary N) is 1. The second-order valence-corrected chi connectivity index (χ2v) is 6.37. The summed E-state index contributed by atoms with van der Waals surface area (Å²) in [6.07, 6.45) is 0.248. The van der Waals surface area contributed by atoms with Gasteiger partial charge in [0.05, 0.1) is 5.92 Å². The van der Waals surface area contributed by atoms with E-state index in [1.807, 2.05) is 26.0 Å². The zero-order valence-corrected chi connectivity index (χ0v) is 13.5. The average Bonchev–Trinajstić information content (AvgIpc) is 2.94. The molecule has 2 aliphatic rings. The fourth-order valence-electron chi connectivity index (χ4n) is 2.78. The standard InChI is InChI=1S/C17H22N2O4/c1-11(2)9-18-17(21)12-7-16(20)19(10-12)13-3-4-14-15(8-13)23-6-5-22-14/h3-4,8,11-12H,5-7,9-10H2,1-2H3,(H,18,21)/t12-/m0/s1. The van der Waals surface area contributed by atoms with Gasteiger partial charge in [0.25, 0.3) is 0 Å². The Balaban J connectivity index is 1.69. The minimum absolute atomic E-state index is 0.0358. The van der Waals surface area contributed by atoms with Crippen LogP contribution in [0.5, 0.6) is 11.5 Å². The Morgan fingerprint density at radius 1 is 1.30 bits per heavy atom.